The molecular formula is C29H25O2P. The van der Waals surface area contributed by atoms with Gasteiger partial charge < -0.3 is 9.67 Å². The van der Waals surface area contributed by atoms with E-state index in [0.717, 1.165) is 47.2 Å². The van der Waals surface area contributed by atoms with Crippen LogP contribution in [0.15, 0.2) is 97.1 Å². The number of phenolic OH excluding ortho intramolecular Hbond substituents is 1. The molecule has 2 aliphatic carbocycles. The zero-order valence-electron chi connectivity index (χ0n) is 17.9. The monoisotopic (exact) mass is 436 g/mol. The molecule has 0 aliphatic heterocycles. The second-order valence-corrected chi connectivity index (χ2v) is 11.7. The molecule has 1 atom stereocenters. The van der Waals surface area contributed by atoms with Gasteiger partial charge in [0.1, 0.15) is 5.75 Å². The van der Waals surface area contributed by atoms with Crippen molar-refractivity contribution in [3.05, 3.63) is 119 Å². The molecule has 0 radical (unpaired) electrons. The Bertz CT molecular complexity index is 1310. The molecule has 32 heavy (non-hydrogen) atoms. The Morgan fingerprint density at radius 2 is 1.16 bits per heavy atom. The lowest BCUT2D eigenvalue weighted by Crippen LogP contribution is -2.33. The van der Waals surface area contributed by atoms with Crippen molar-refractivity contribution in [3.8, 4) is 5.75 Å². The Kier molecular flexibility index (Phi) is 4.42. The topological polar surface area (TPSA) is 37.3 Å². The van der Waals surface area contributed by atoms with E-state index < -0.39 is 7.14 Å². The Labute approximate surface area is 188 Å². The van der Waals surface area contributed by atoms with Gasteiger partial charge in [0.05, 0.1) is 0 Å². The van der Waals surface area contributed by atoms with Crippen LogP contribution in [0.1, 0.15) is 35.1 Å². The minimum atomic E-state index is -3.10. The van der Waals surface area contributed by atoms with Gasteiger partial charge in [-0.15, -0.1) is 0 Å². The fourth-order valence-electron chi connectivity index (χ4n) is 6.11. The van der Waals surface area contributed by atoms with Crippen molar-refractivity contribution >= 4 is 23.1 Å². The largest absolute Gasteiger partial charge is 0.508 e. The average Bonchev–Trinajstić information content (AvgIpc) is 3.42. The maximum atomic E-state index is 15.3. The van der Waals surface area contributed by atoms with E-state index in [9.17, 15) is 5.11 Å². The third kappa shape index (κ3) is 2.63. The molecule has 0 bridgehead atoms. The van der Waals surface area contributed by atoms with Crippen molar-refractivity contribution in [1.29, 1.82) is 0 Å². The van der Waals surface area contributed by atoms with Crippen LogP contribution in [-0.2, 0) is 22.8 Å². The molecule has 0 aromatic heterocycles. The van der Waals surface area contributed by atoms with Gasteiger partial charge in [0.25, 0.3) is 0 Å². The van der Waals surface area contributed by atoms with Crippen molar-refractivity contribution < 1.29 is 9.67 Å². The van der Waals surface area contributed by atoms with E-state index in [-0.39, 0.29) is 5.41 Å². The molecule has 6 rings (SSSR count). The van der Waals surface area contributed by atoms with Gasteiger partial charge in [-0.2, -0.15) is 0 Å². The summed E-state index contributed by atoms with van der Waals surface area (Å²) in [4.78, 5) is 0. The van der Waals surface area contributed by atoms with Gasteiger partial charge >= 0.3 is 0 Å². The molecule has 0 saturated carbocycles. The highest BCUT2D eigenvalue weighted by Gasteiger charge is 2.50. The first kappa shape index (κ1) is 19.6. The van der Waals surface area contributed by atoms with Gasteiger partial charge in [0.2, 0.25) is 0 Å². The third-order valence-corrected chi connectivity index (χ3v) is 10.5. The quantitative estimate of drug-likeness (QED) is 0.448. The number of hydrogen-bond acceptors (Lipinski definition) is 2. The molecule has 158 valence electrons. The minimum Gasteiger partial charge on any atom is -0.508 e. The van der Waals surface area contributed by atoms with E-state index in [1.54, 1.807) is 6.07 Å². The SMILES string of the molecule is O=P(c1ccccc1)(c1ccccc1)c1cccc2c1[C@@]1(CCc3cccc(O)c31)CC2. The first-order chi connectivity index (χ1) is 15.6. The molecule has 1 N–H and O–H groups in total. The second kappa shape index (κ2) is 7.22. The van der Waals surface area contributed by atoms with E-state index in [4.69, 9.17) is 0 Å². The van der Waals surface area contributed by atoms with E-state index in [1.807, 2.05) is 66.7 Å². The van der Waals surface area contributed by atoms with E-state index >= 15 is 4.57 Å². The zero-order chi connectivity index (χ0) is 21.8. The van der Waals surface area contributed by atoms with Crippen LogP contribution in [0.3, 0.4) is 0 Å². The molecule has 4 aromatic carbocycles. The molecule has 4 aromatic rings. The number of aryl methyl sites for hydroxylation is 2. The maximum Gasteiger partial charge on any atom is 0.171 e. The normalized spacial score (nSPS) is 19.1. The molecule has 2 nitrogen and oxygen atoms in total. The van der Waals surface area contributed by atoms with E-state index in [2.05, 4.69) is 24.3 Å². The maximum absolute atomic E-state index is 15.3. The highest BCUT2D eigenvalue weighted by atomic mass is 31.2. The lowest BCUT2D eigenvalue weighted by molar-refractivity contribution is 0.437. The lowest BCUT2D eigenvalue weighted by Gasteiger charge is -2.32. The predicted octanol–water partition coefficient (Wildman–Crippen LogP) is 5.21. The number of aromatic hydroxyl groups is 1. The summed E-state index contributed by atoms with van der Waals surface area (Å²) in [7, 11) is -3.10. The summed E-state index contributed by atoms with van der Waals surface area (Å²) < 4.78 is 15.3. The van der Waals surface area contributed by atoms with Crippen LogP contribution in [-0.4, -0.2) is 5.11 Å². The number of phenols is 1. The van der Waals surface area contributed by atoms with Gasteiger partial charge in [-0.3, -0.25) is 0 Å². The Morgan fingerprint density at radius 1 is 0.625 bits per heavy atom. The Hall–Kier alpha value is -3.09. The van der Waals surface area contributed by atoms with Gasteiger partial charge in [-0.05, 0) is 48.4 Å². The summed E-state index contributed by atoms with van der Waals surface area (Å²) in [5.74, 6) is 0.372. The summed E-state index contributed by atoms with van der Waals surface area (Å²) in [5.41, 5.74) is 4.47. The van der Waals surface area contributed by atoms with Gasteiger partial charge in [0, 0.05) is 26.9 Å². The fraction of sp³-hybridized carbons (Fsp3) is 0.172. The second-order valence-electron chi connectivity index (χ2n) is 8.99. The third-order valence-electron chi connectivity index (χ3n) is 7.44. The highest BCUT2D eigenvalue weighted by molar-refractivity contribution is 7.85. The van der Waals surface area contributed by atoms with Crippen LogP contribution in [0, 0.1) is 0 Å². The molecule has 3 heteroatoms. The predicted molar refractivity (Wildman–Crippen MR) is 131 cm³/mol. The van der Waals surface area contributed by atoms with Crippen LogP contribution in [0.25, 0.3) is 0 Å². The lowest BCUT2D eigenvalue weighted by atomic mass is 9.76. The van der Waals surface area contributed by atoms with Crippen molar-refractivity contribution in [3.63, 3.8) is 0 Å². The summed E-state index contributed by atoms with van der Waals surface area (Å²) in [5, 5.41) is 13.6. The van der Waals surface area contributed by atoms with Crippen LogP contribution in [0.4, 0.5) is 0 Å². The molecule has 1 spiro atoms. The van der Waals surface area contributed by atoms with Crippen molar-refractivity contribution in [2.75, 3.05) is 0 Å². The number of hydrogen-bond donors (Lipinski definition) is 1. The first-order valence-corrected chi connectivity index (χ1v) is 13.0. The smallest absolute Gasteiger partial charge is 0.171 e. The summed E-state index contributed by atoms with van der Waals surface area (Å²) in [6.45, 7) is 0. The van der Waals surface area contributed by atoms with Gasteiger partial charge in [0.15, 0.2) is 7.14 Å². The fourth-order valence-corrected chi connectivity index (χ4v) is 9.11. The van der Waals surface area contributed by atoms with E-state index in [0.29, 0.717) is 5.75 Å². The Morgan fingerprint density at radius 3 is 1.75 bits per heavy atom. The molecule has 0 heterocycles. The van der Waals surface area contributed by atoms with Crippen LogP contribution in [0.2, 0.25) is 0 Å². The first-order valence-electron chi connectivity index (χ1n) is 11.3. The number of benzene rings is 4. The van der Waals surface area contributed by atoms with E-state index in [1.165, 1.54) is 16.7 Å². The standard InChI is InChI=1S/C29H25O2P/c30-25-15-7-9-21-17-19-29(27(21)25)20-18-22-10-8-16-26(28(22)29)32(31,23-11-3-1-4-12-23)24-13-5-2-6-14-24/h1-16,30H,17-20H2/t29-/m0/s1. The van der Waals surface area contributed by atoms with Crippen molar-refractivity contribution in [2.45, 2.75) is 31.1 Å². The number of rotatable bonds is 3. The van der Waals surface area contributed by atoms with Crippen molar-refractivity contribution in [2.24, 2.45) is 0 Å². The highest BCUT2D eigenvalue weighted by Crippen LogP contribution is 2.57. The Balaban J connectivity index is 1.68. The summed E-state index contributed by atoms with van der Waals surface area (Å²) in [6, 6.07) is 32.0. The molecule has 0 fully saturated rings. The van der Waals surface area contributed by atoms with Crippen LogP contribution < -0.4 is 15.9 Å². The van der Waals surface area contributed by atoms with Gasteiger partial charge in [-0.1, -0.05) is 91.0 Å². The summed E-state index contributed by atoms with van der Waals surface area (Å²) in [6.07, 6.45) is 3.79. The minimum absolute atomic E-state index is 0.272. The molecule has 2 aliphatic rings. The van der Waals surface area contributed by atoms with Crippen molar-refractivity contribution in [1.82, 2.24) is 0 Å². The molecular weight excluding hydrogens is 411 g/mol. The molecule has 0 saturated heterocycles. The number of fused-ring (bicyclic) bond motifs is 4. The molecule has 0 unspecified atom stereocenters. The molecule has 0 amide bonds. The van der Waals surface area contributed by atoms with Gasteiger partial charge in [-0.25, -0.2) is 0 Å². The van der Waals surface area contributed by atoms with Crippen LogP contribution in [0.5, 0.6) is 5.75 Å². The van der Waals surface area contributed by atoms with Crippen LogP contribution >= 0.6 is 7.14 Å². The zero-order valence-corrected chi connectivity index (χ0v) is 18.8. The average molecular weight is 436 g/mol. The summed E-state index contributed by atoms with van der Waals surface area (Å²) >= 11 is 0.